The van der Waals surface area contributed by atoms with Gasteiger partial charge in [-0.2, -0.15) is 0 Å². The van der Waals surface area contributed by atoms with Gasteiger partial charge in [-0.25, -0.2) is 0 Å². The van der Waals surface area contributed by atoms with Crippen LogP contribution < -0.4 is 11.1 Å². The zero-order valence-corrected chi connectivity index (χ0v) is 9.41. The van der Waals surface area contributed by atoms with Crippen LogP contribution in [-0.2, 0) is 4.79 Å². The van der Waals surface area contributed by atoms with Gasteiger partial charge in [0.05, 0.1) is 6.54 Å². The molecule has 16 heavy (non-hydrogen) atoms. The number of nitrogens with two attached hydrogens (primary N) is 1. The summed E-state index contributed by atoms with van der Waals surface area (Å²) in [6.45, 7) is 2.41. The van der Waals surface area contributed by atoms with Crippen molar-refractivity contribution >= 4 is 17.5 Å². The third kappa shape index (κ3) is 3.01. The van der Waals surface area contributed by atoms with Gasteiger partial charge in [0.1, 0.15) is 5.69 Å². The third-order valence-corrected chi connectivity index (χ3v) is 2.04. The first-order chi connectivity index (χ1) is 7.54. The number of hydrogen-bond donors (Lipinski definition) is 3. The molecule has 88 valence electrons. The Morgan fingerprint density at radius 3 is 2.75 bits per heavy atom. The van der Waals surface area contributed by atoms with E-state index in [2.05, 4.69) is 10.3 Å². The number of amides is 2. The molecule has 0 aliphatic rings. The van der Waals surface area contributed by atoms with Gasteiger partial charge in [0.25, 0.3) is 5.91 Å². The molecule has 0 aliphatic carbocycles. The van der Waals surface area contributed by atoms with E-state index in [1.807, 2.05) is 6.92 Å². The van der Waals surface area contributed by atoms with Gasteiger partial charge in [-0.15, -0.1) is 0 Å². The third-order valence-electron chi connectivity index (χ3n) is 2.04. The number of nitrogen functional groups attached to an aromatic ring is 1. The second kappa shape index (κ2) is 5.20. The Labute approximate surface area is 93.8 Å². The molecule has 0 fully saturated rings. The van der Waals surface area contributed by atoms with E-state index in [1.165, 1.54) is 17.2 Å². The van der Waals surface area contributed by atoms with E-state index in [-0.39, 0.29) is 18.4 Å². The lowest BCUT2D eigenvalue weighted by Crippen LogP contribution is -2.38. The molecule has 1 rings (SSSR count). The molecule has 1 aromatic rings. The second-order valence-electron chi connectivity index (χ2n) is 3.46. The van der Waals surface area contributed by atoms with Crippen molar-refractivity contribution in [3.63, 3.8) is 0 Å². The van der Waals surface area contributed by atoms with E-state index >= 15 is 0 Å². The lowest BCUT2D eigenvalue weighted by Gasteiger charge is -2.15. The fourth-order valence-electron chi connectivity index (χ4n) is 1.28. The average molecular weight is 224 g/mol. The van der Waals surface area contributed by atoms with Crippen molar-refractivity contribution in [1.29, 1.82) is 0 Å². The van der Waals surface area contributed by atoms with E-state index in [0.717, 1.165) is 0 Å². The SMILES string of the molecule is CCNC(=O)CN(C)C(=O)c1cc(N)c[nH]1. The number of rotatable bonds is 4. The summed E-state index contributed by atoms with van der Waals surface area (Å²) in [7, 11) is 1.56. The Balaban J connectivity index is 2.57. The Morgan fingerprint density at radius 1 is 1.56 bits per heavy atom. The van der Waals surface area contributed by atoms with Crippen molar-refractivity contribution in [2.24, 2.45) is 0 Å². The fraction of sp³-hybridized carbons (Fsp3) is 0.400. The number of nitrogens with zero attached hydrogens (tertiary/aromatic N) is 1. The first-order valence-electron chi connectivity index (χ1n) is 5.00. The number of aromatic nitrogens is 1. The highest BCUT2D eigenvalue weighted by Gasteiger charge is 2.15. The quantitative estimate of drug-likeness (QED) is 0.661. The number of nitrogens with one attached hydrogen (secondary N) is 2. The molecule has 6 heteroatoms. The molecule has 2 amide bonds. The summed E-state index contributed by atoms with van der Waals surface area (Å²) >= 11 is 0. The van der Waals surface area contributed by atoms with Crippen molar-refractivity contribution in [2.75, 3.05) is 25.9 Å². The molecular weight excluding hydrogens is 208 g/mol. The lowest BCUT2D eigenvalue weighted by atomic mass is 10.3. The monoisotopic (exact) mass is 224 g/mol. The van der Waals surface area contributed by atoms with E-state index in [1.54, 1.807) is 7.05 Å². The molecule has 0 spiro atoms. The standard InChI is InChI=1S/C10H16N4O2/c1-3-12-9(15)6-14(2)10(16)8-4-7(11)5-13-8/h4-5,13H,3,6,11H2,1-2H3,(H,12,15). The largest absolute Gasteiger partial charge is 0.397 e. The maximum atomic E-state index is 11.8. The normalized spacial score (nSPS) is 9.88. The van der Waals surface area contributed by atoms with Crippen LogP contribution in [0.3, 0.4) is 0 Å². The highest BCUT2D eigenvalue weighted by Crippen LogP contribution is 2.06. The molecule has 1 heterocycles. The van der Waals surface area contributed by atoms with Gasteiger partial charge in [0, 0.05) is 25.5 Å². The number of H-pyrrole nitrogens is 1. The molecule has 0 saturated carbocycles. The number of carbonyl (C=O) groups is 2. The van der Waals surface area contributed by atoms with Crippen LogP contribution >= 0.6 is 0 Å². The van der Waals surface area contributed by atoms with Gasteiger partial charge in [-0.3, -0.25) is 9.59 Å². The van der Waals surface area contributed by atoms with Crippen LogP contribution in [0.2, 0.25) is 0 Å². The van der Waals surface area contributed by atoms with Gasteiger partial charge in [0.15, 0.2) is 0 Å². The fourth-order valence-corrected chi connectivity index (χ4v) is 1.28. The summed E-state index contributed by atoms with van der Waals surface area (Å²) < 4.78 is 0. The summed E-state index contributed by atoms with van der Waals surface area (Å²) in [4.78, 5) is 27.1. The predicted molar refractivity (Wildman–Crippen MR) is 60.8 cm³/mol. The molecular formula is C10H16N4O2. The average Bonchev–Trinajstić information content (AvgIpc) is 2.64. The summed E-state index contributed by atoms with van der Waals surface area (Å²) in [5.41, 5.74) is 6.36. The molecule has 0 aromatic carbocycles. The van der Waals surface area contributed by atoms with E-state index in [0.29, 0.717) is 17.9 Å². The number of anilines is 1. The maximum absolute atomic E-state index is 11.8. The summed E-state index contributed by atoms with van der Waals surface area (Å²) in [6, 6.07) is 1.54. The Kier molecular flexibility index (Phi) is 3.93. The number of aromatic amines is 1. The highest BCUT2D eigenvalue weighted by molar-refractivity contribution is 5.95. The minimum atomic E-state index is -0.261. The molecule has 6 nitrogen and oxygen atoms in total. The van der Waals surface area contributed by atoms with E-state index in [9.17, 15) is 9.59 Å². The first-order valence-corrected chi connectivity index (χ1v) is 5.00. The molecule has 0 radical (unpaired) electrons. The first kappa shape index (κ1) is 12.1. The molecule has 4 N–H and O–H groups in total. The molecule has 0 atom stereocenters. The topological polar surface area (TPSA) is 91.2 Å². The molecule has 0 bridgehead atoms. The zero-order valence-electron chi connectivity index (χ0n) is 9.41. The minimum Gasteiger partial charge on any atom is -0.397 e. The predicted octanol–water partition coefficient (Wildman–Crippen LogP) is -0.195. The van der Waals surface area contributed by atoms with Crippen molar-refractivity contribution in [3.05, 3.63) is 18.0 Å². The molecule has 0 unspecified atom stereocenters. The number of likely N-dealkylation sites (N-methyl/N-ethyl adjacent to an activating group) is 2. The Bertz CT molecular complexity index is 386. The van der Waals surface area contributed by atoms with Gasteiger partial charge in [-0.1, -0.05) is 0 Å². The molecule has 0 saturated heterocycles. The van der Waals surface area contributed by atoms with E-state index < -0.39 is 0 Å². The minimum absolute atomic E-state index is 0.0333. The second-order valence-corrected chi connectivity index (χ2v) is 3.46. The van der Waals surface area contributed by atoms with E-state index in [4.69, 9.17) is 5.73 Å². The van der Waals surface area contributed by atoms with Gasteiger partial charge in [-0.05, 0) is 13.0 Å². The van der Waals surface area contributed by atoms with Gasteiger partial charge < -0.3 is 20.9 Å². The van der Waals surface area contributed by atoms with Crippen molar-refractivity contribution in [2.45, 2.75) is 6.92 Å². The highest BCUT2D eigenvalue weighted by atomic mass is 16.2. The van der Waals surface area contributed by atoms with Crippen molar-refractivity contribution in [1.82, 2.24) is 15.2 Å². The lowest BCUT2D eigenvalue weighted by molar-refractivity contribution is -0.121. The van der Waals surface area contributed by atoms with Gasteiger partial charge >= 0.3 is 0 Å². The Hall–Kier alpha value is -1.98. The maximum Gasteiger partial charge on any atom is 0.270 e. The summed E-state index contributed by atoms with van der Waals surface area (Å²) in [5, 5.41) is 2.62. The van der Waals surface area contributed by atoms with Crippen LogP contribution in [-0.4, -0.2) is 41.8 Å². The van der Waals surface area contributed by atoms with Crippen LogP contribution in [0.5, 0.6) is 0 Å². The summed E-state index contributed by atoms with van der Waals surface area (Å²) in [6.07, 6.45) is 1.53. The smallest absolute Gasteiger partial charge is 0.270 e. The zero-order chi connectivity index (χ0) is 12.1. The van der Waals surface area contributed by atoms with Crippen molar-refractivity contribution in [3.8, 4) is 0 Å². The van der Waals surface area contributed by atoms with Crippen LogP contribution in [0, 0.1) is 0 Å². The molecule has 1 aromatic heterocycles. The number of hydrogen-bond acceptors (Lipinski definition) is 3. The van der Waals surface area contributed by atoms with Crippen LogP contribution in [0.4, 0.5) is 5.69 Å². The number of carbonyl (C=O) groups excluding carboxylic acids is 2. The van der Waals surface area contributed by atoms with Crippen molar-refractivity contribution < 1.29 is 9.59 Å². The Morgan fingerprint density at radius 2 is 2.25 bits per heavy atom. The van der Waals surface area contributed by atoms with Crippen LogP contribution in [0.15, 0.2) is 12.3 Å². The van der Waals surface area contributed by atoms with Crippen LogP contribution in [0.1, 0.15) is 17.4 Å². The molecule has 0 aliphatic heterocycles. The van der Waals surface area contributed by atoms with Crippen LogP contribution in [0.25, 0.3) is 0 Å². The summed E-state index contributed by atoms with van der Waals surface area (Å²) in [5.74, 6) is -0.444. The van der Waals surface area contributed by atoms with Gasteiger partial charge in [0.2, 0.25) is 5.91 Å².